The number of benzene rings is 2. The van der Waals surface area contributed by atoms with Crippen molar-refractivity contribution in [1.82, 2.24) is 4.98 Å². The van der Waals surface area contributed by atoms with Crippen LogP contribution in [-0.2, 0) is 0 Å². The first-order valence-corrected chi connectivity index (χ1v) is 7.11. The van der Waals surface area contributed by atoms with Crippen LogP contribution < -0.4 is 4.90 Å². The molecule has 3 rings (SSSR count). The van der Waals surface area contributed by atoms with E-state index < -0.39 is 0 Å². The highest BCUT2D eigenvalue weighted by Crippen LogP contribution is 2.33. The van der Waals surface area contributed by atoms with Gasteiger partial charge in [-0.25, -0.2) is 4.98 Å². The van der Waals surface area contributed by atoms with E-state index >= 15 is 0 Å². The second kappa shape index (κ2) is 4.67. The van der Waals surface area contributed by atoms with Gasteiger partial charge in [-0.05, 0) is 42.8 Å². The number of thiazole rings is 1. The van der Waals surface area contributed by atoms with Crippen LogP contribution in [0.4, 0.5) is 5.69 Å². The molecule has 0 N–H and O–H groups in total. The van der Waals surface area contributed by atoms with Crippen LogP contribution in [0, 0.1) is 6.92 Å². The molecular formula is C16H16N2S. The molecule has 1 heterocycles. The number of anilines is 1. The van der Waals surface area contributed by atoms with Crippen molar-refractivity contribution in [3.63, 3.8) is 0 Å². The Morgan fingerprint density at radius 2 is 1.84 bits per heavy atom. The summed E-state index contributed by atoms with van der Waals surface area (Å²) in [5, 5.41) is 1.10. The Bertz CT molecular complexity index is 695. The van der Waals surface area contributed by atoms with E-state index in [0.29, 0.717) is 0 Å². The number of para-hydroxylation sites is 1. The molecule has 0 amide bonds. The lowest BCUT2D eigenvalue weighted by atomic mass is 10.1. The standard InChI is InChI=1S/C16H16N2S/c1-11-10-12(18(2)3)8-9-13(11)16-17-14-6-4-5-7-15(14)19-16/h4-10H,1-3H3. The molecule has 0 unspecified atom stereocenters. The van der Waals surface area contributed by atoms with Gasteiger partial charge in [-0.15, -0.1) is 11.3 Å². The molecule has 96 valence electrons. The summed E-state index contributed by atoms with van der Waals surface area (Å²) in [4.78, 5) is 6.84. The summed E-state index contributed by atoms with van der Waals surface area (Å²) in [6.07, 6.45) is 0. The van der Waals surface area contributed by atoms with Gasteiger partial charge in [-0.1, -0.05) is 12.1 Å². The summed E-state index contributed by atoms with van der Waals surface area (Å²) in [7, 11) is 4.12. The minimum absolute atomic E-state index is 1.08. The van der Waals surface area contributed by atoms with Crippen molar-refractivity contribution >= 4 is 27.2 Å². The number of hydrogen-bond acceptors (Lipinski definition) is 3. The van der Waals surface area contributed by atoms with Gasteiger partial charge in [0, 0.05) is 25.3 Å². The highest BCUT2D eigenvalue weighted by molar-refractivity contribution is 7.21. The zero-order chi connectivity index (χ0) is 13.4. The van der Waals surface area contributed by atoms with Crippen molar-refractivity contribution in [3.05, 3.63) is 48.0 Å². The summed E-state index contributed by atoms with van der Waals surface area (Å²) in [6.45, 7) is 2.15. The van der Waals surface area contributed by atoms with E-state index in [2.05, 4.69) is 62.3 Å². The molecule has 0 aliphatic carbocycles. The Balaban J connectivity index is 2.11. The first-order valence-electron chi connectivity index (χ1n) is 6.29. The molecule has 0 aliphatic rings. The lowest BCUT2D eigenvalue weighted by molar-refractivity contribution is 1.13. The fourth-order valence-electron chi connectivity index (χ4n) is 2.15. The quantitative estimate of drug-likeness (QED) is 0.687. The average Bonchev–Trinajstić information content (AvgIpc) is 2.81. The Labute approximate surface area is 117 Å². The Morgan fingerprint density at radius 3 is 2.53 bits per heavy atom. The van der Waals surface area contributed by atoms with Crippen LogP contribution in [0.1, 0.15) is 5.56 Å². The lowest BCUT2D eigenvalue weighted by Gasteiger charge is -2.14. The first kappa shape index (κ1) is 12.2. The molecule has 0 saturated heterocycles. The van der Waals surface area contributed by atoms with Crippen molar-refractivity contribution in [2.45, 2.75) is 6.92 Å². The minimum Gasteiger partial charge on any atom is -0.378 e. The van der Waals surface area contributed by atoms with E-state index in [1.54, 1.807) is 11.3 Å². The molecule has 0 saturated carbocycles. The van der Waals surface area contributed by atoms with Gasteiger partial charge in [-0.3, -0.25) is 0 Å². The van der Waals surface area contributed by atoms with Gasteiger partial charge in [0.2, 0.25) is 0 Å². The lowest BCUT2D eigenvalue weighted by Crippen LogP contribution is -2.08. The minimum atomic E-state index is 1.08. The number of fused-ring (bicyclic) bond motifs is 1. The second-order valence-corrected chi connectivity index (χ2v) is 5.91. The molecule has 19 heavy (non-hydrogen) atoms. The van der Waals surface area contributed by atoms with E-state index in [0.717, 1.165) is 10.5 Å². The van der Waals surface area contributed by atoms with Crippen LogP contribution in [0.25, 0.3) is 20.8 Å². The largest absolute Gasteiger partial charge is 0.378 e. The molecule has 0 spiro atoms. The summed E-state index contributed by atoms with van der Waals surface area (Å²) in [5.41, 5.74) is 4.80. The Morgan fingerprint density at radius 1 is 1.05 bits per heavy atom. The van der Waals surface area contributed by atoms with Crippen molar-refractivity contribution < 1.29 is 0 Å². The maximum atomic E-state index is 4.72. The van der Waals surface area contributed by atoms with E-state index in [1.807, 2.05) is 6.07 Å². The zero-order valence-corrected chi connectivity index (χ0v) is 12.2. The number of hydrogen-bond donors (Lipinski definition) is 0. The number of aromatic nitrogens is 1. The molecule has 2 aromatic carbocycles. The molecule has 3 heteroatoms. The van der Waals surface area contributed by atoms with Crippen molar-refractivity contribution in [2.75, 3.05) is 19.0 Å². The van der Waals surface area contributed by atoms with Gasteiger partial charge in [0.1, 0.15) is 5.01 Å². The maximum Gasteiger partial charge on any atom is 0.124 e. The highest BCUT2D eigenvalue weighted by atomic mass is 32.1. The predicted molar refractivity (Wildman–Crippen MR) is 84.1 cm³/mol. The predicted octanol–water partition coefficient (Wildman–Crippen LogP) is 4.34. The summed E-state index contributed by atoms with van der Waals surface area (Å²) in [5.74, 6) is 0. The molecule has 0 aliphatic heterocycles. The van der Waals surface area contributed by atoms with Crippen LogP contribution in [0.2, 0.25) is 0 Å². The third-order valence-electron chi connectivity index (χ3n) is 3.25. The summed E-state index contributed by atoms with van der Waals surface area (Å²) < 4.78 is 1.24. The molecule has 0 radical (unpaired) electrons. The van der Waals surface area contributed by atoms with E-state index in [4.69, 9.17) is 4.98 Å². The zero-order valence-electron chi connectivity index (χ0n) is 11.3. The van der Waals surface area contributed by atoms with Crippen LogP contribution >= 0.6 is 11.3 Å². The van der Waals surface area contributed by atoms with Crippen molar-refractivity contribution in [2.24, 2.45) is 0 Å². The van der Waals surface area contributed by atoms with Crippen LogP contribution in [0.3, 0.4) is 0 Å². The third-order valence-corrected chi connectivity index (χ3v) is 4.32. The Hall–Kier alpha value is -1.87. The summed E-state index contributed by atoms with van der Waals surface area (Å²) >= 11 is 1.75. The first-order chi connectivity index (χ1) is 9.15. The van der Waals surface area contributed by atoms with Crippen LogP contribution in [0.5, 0.6) is 0 Å². The normalized spacial score (nSPS) is 10.9. The SMILES string of the molecule is Cc1cc(N(C)C)ccc1-c1nc2ccccc2s1. The Kier molecular flexibility index (Phi) is 2.99. The van der Waals surface area contributed by atoms with Gasteiger partial charge in [0.25, 0.3) is 0 Å². The van der Waals surface area contributed by atoms with E-state index in [-0.39, 0.29) is 0 Å². The monoisotopic (exact) mass is 268 g/mol. The van der Waals surface area contributed by atoms with Crippen LogP contribution in [0.15, 0.2) is 42.5 Å². The van der Waals surface area contributed by atoms with Gasteiger partial charge in [0.15, 0.2) is 0 Å². The number of nitrogens with zero attached hydrogens (tertiary/aromatic N) is 2. The van der Waals surface area contributed by atoms with Crippen molar-refractivity contribution in [3.8, 4) is 10.6 Å². The van der Waals surface area contributed by atoms with E-state index in [1.165, 1.54) is 21.5 Å². The molecule has 1 aromatic heterocycles. The molecular weight excluding hydrogens is 252 g/mol. The molecule has 2 nitrogen and oxygen atoms in total. The average molecular weight is 268 g/mol. The van der Waals surface area contributed by atoms with Gasteiger partial charge in [0.05, 0.1) is 10.2 Å². The molecule has 0 fully saturated rings. The second-order valence-electron chi connectivity index (χ2n) is 4.88. The van der Waals surface area contributed by atoms with E-state index in [9.17, 15) is 0 Å². The molecule has 3 aromatic rings. The van der Waals surface area contributed by atoms with Gasteiger partial charge >= 0.3 is 0 Å². The fraction of sp³-hybridized carbons (Fsp3) is 0.188. The molecule has 0 atom stereocenters. The molecule has 0 bridgehead atoms. The van der Waals surface area contributed by atoms with Gasteiger partial charge < -0.3 is 4.90 Å². The summed E-state index contributed by atoms with van der Waals surface area (Å²) in [6, 6.07) is 14.8. The number of rotatable bonds is 2. The van der Waals surface area contributed by atoms with Gasteiger partial charge in [-0.2, -0.15) is 0 Å². The maximum absolute atomic E-state index is 4.72. The van der Waals surface area contributed by atoms with Crippen LogP contribution in [-0.4, -0.2) is 19.1 Å². The number of aryl methyl sites for hydroxylation is 1. The topological polar surface area (TPSA) is 16.1 Å². The highest BCUT2D eigenvalue weighted by Gasteiger charge is 2.09. The smallest absolute Gasteiger partial charge is 0.124 e. The third kappa shape index (κ3) is 2.22. The van der Waals surface area contributed by atoms with Crippen molar-refractivity contribution in [1.29, 1.82) is 0 Å². The fourth-order valence-corrected chi connectivity index (χ4v) is 3.21.